The number of nitrogens with one attached hydrogen (secondary N) is 1. The van der Waals surface area contributed by atoms with Crippen LogP contribution < -0.4 is 5.32 Å². The molecule has 3 rings (SSSR count). The first-order valence-electron chi connectivity index (χ1n) is 6.27. The van der Waals surface area contributed by atoms with Gasteiger partial charge in [-0.1, -0.05) is 11.6 Å². The van der Waals surface area contributed by atoms with Crippen molar-refractivity contribution in [1.29, 1.82) is 0 Å². The molecule has 0 saturated carbocycles. The average Bonchev–Trinajstić information content (AvgIpc) is 2.92. The lowest BCUT2D eigenvalue weighted by Gasteiger charge is -2.08. The molecule has 0 bridgehead atoms. The molecule has 0 aliphatic carbocycles. The number of nitro groups is 1. The van der Waals surface area contributed by atoms with E-state index in [-0.39, 0.29) is 5.69 Å². The normalized spacial score (nSPS) is 10.7. The van der Waals surface area contributed by atoms with E-state index < -0.39 is 4.92 Å². The van der Waals surface area contributed by atoms with E-state index in [4.69, 9.17) is 11.6 Å². The Kier molecular flexibility index (Phi) is 3.77. The lowest BCUT2D eigenvalue weighted by atomic mass is 10.1. The summed E-state index contributed by atoms with van der Waals surface area (Å²) in [6.45, 7) is 0.354. The lowest BCUT2D eigenvalue weighted by molar-refractivity contribution is -0.385. The third-order valence-corrected chi connectivity index (χ3v) is 4.31. The van der Waals surface area contributed by atoms with E-state index in [0.29, 0.717) is 17.1 Å². The van der Waals surface area contributed by atoms with Crippen LogP contribution in [0.4, 0.5) is 11.4 Å². The van der Waals surface area contributed by atoms with Gasteiger partial charge in [-0.15, -0.1) is 11.3 Å². The molecule has 0 fully saturated rings. The van der Waals surface area contributed by atoms with Crippen molar-refractivity contribution in [2.45, 2.75) is 6.54 Å². The zero-order chi connectivity index (χ0) is 14.8. The van der Waals surface area contributed by atoms with E-state index in [0.717, 1.165) is 11.1 Å². The van der Waals surface area contributed by atoms with E-state index >= 15 is 0 Å². The Morgan fingerprint density at radius 1 is 1.19 bits per heavy atom. The van der Waals surface area contributed by atoms with Gasteiger partial charge in [0, 0.05) is 28.0 Å². The lowest BCUT2D eigenvalue weighted by Crippen LogP contribution is -2.03. The van der Waals surface area contributed by atoms with Crippen LogP contribution in [0.15, 0.2) is 47.8 Å². The number of benzene rings is 2. The summed E-state index contributed by atoms with van der Waals surface area (Å²) in [6, 6.07) is 12.7. The van der Waals surface area contributed by atoms with Gasteiger partial charge in [0.1, 0.15) is 0 Å². The molecular weight excluding hydrogens is 308 g/mol. The number of thiophene rings is 1. The van der Waals surface area contributed by atoms with E-state index in [2.05, 4.69) is 5.32 Å². The van der Waals surface area contributed by atoms with Gasteiger partial charge in [-0.25, -0.2) is 0 Å². The van der Waals surface area contributed by atoms with Crippen molar-refractivity contribution >= 4 is 44.4 Å². The van der Waals surface area contributed by atoms with Crippen molar-refractivity contribution in [3.8, 4) is 0 Å². The minimum Gasteiger partial charge on any atom is -0.381 e. The predicted molar refractivity (Wildman–Crippen MR) is 87.3 cm³/mol. The maximum atomic E-state index is 11.0. The zero-order valence-electron chi connectivity index (χ0n) is 10.9. The fourth-order valence-corrected chi connectivity index (χ4v) is 3.11. The minimum absolute atomic E-state index is 0.0727. The van der Waals surface area contributed by atoms with Gasteiger partial charge in [0.25, 0.3) is 5.69 Å². The van der Waals surface area contributed by atoms with Gasteiger partial charge in [0.2, 0.25) is 0 Å². The fraction of sp³-hybridized carbons (Fsp3) is 0.0667. The molecule has 0 spiro atoms. The van der Waals surface area contributed by atoms with E-state index in [1.807, 2.05) is 29.6 Å². The largest absolute Gasteiger partial charge is 0.381 e. The SMILES string of the molecule is O=[N+]([O-])c1ccc(Cl)cc1CNc1ccc2sccc2c1. The molecule has 2 aromatic carbocycles. The fourth-order valence-electron chi connectivity index (χ4n) is 2.15. The van der Waals surface area contributed by atoms with Crippen LogP contribution in [0.3, 0.4) is 0 Å². The highest BCUT2D eigenvalue weighted by Crippen LogP contribution is 2.26. The predicted octanol–water partition coefficient (Wildman–Crippen LogP) is 5.08. The Morgan fingerprint density at radius 2 is 2.05 bits per heavy atom. The Bertz CT molecular complexity index is 816. The number of rotatable bonds is 4. The molecule has 106 valence electrons. The van der Waals surface area contributed by atoms with Crippen molar-refractivity contribution < 1.29 is 4.92 Å². The molecule has 0 amide bonds. The van der Waals surface area contributed by atoms with Gasteiger partial charge in [-0.2, -0.15) is 0 Å². The third kappa shape index (κ3) is 2.99. The smallest absolute Gasteiger partial charge is 0.274 e. The summed E-state index contributed by atoms with van der Waals surface area (Å²) in [5.41, 5.74) is 1.57. The molecule has 6 heteroatoms. The molecule has 1 aromatic heterocycles. The van der Waals surface area contributed by atoms with Gasteiger partial charge in [0.15, 0.2) is 0 Å². The molecule has 21 heavy (non-hydrogen) atoms. The van der Waals surface area contributed by atoms with Crippen LogP contribution in [-0.4, -0.2) is 4.92 Å². The summed E-state index contributed by atoms with van der Waals surface area (Å²) >= 11 is 7.60. The highest BCUT2D eigenvalue weighted by atomic mass is 35.5. The second-order valence-electron chi connectivity index (χ2n) is 4.56. The average molecular weight is 319 g/mol. The molecule has 1 N–H and O–H groups in total. The number of fused-ring (bicyclic) bond motifs is 1. The summed E-state index contributed by atoms with van der Waals surface area (Å²) in [5, 5.41) is 17.9. The molecule has 0 unspecified atom stereocenters. The third-order valence-electron chi connectivity index (χ3n) is 3.17. The Labute approximate surface area is 130 Å². The zero-order valence-corrected chi connectivity index (χ0v) is 12.4. The van der Waals surface area contributed by atoms with Crippen molar-refractivity contribution in [2.24, 2.45) is 0 Å². The van der Waals surface area contributed by atoms with Gasteiger partial charge in [0.05, 0.1) is 10.5 Å². The van der Waals surface area contributed by atoms with Crippen molar-refractivity contribution in [1.82, 2.24) is 0 Å². The summed E-state index contributed by atoms with van der Waals surface area (Å²) < 4.78 is 1.22. The van der Waals surface area contributed by atoms with Crippen LogP contribution in [0.2, 0.25) is 5.02 Å². The van der Waals surface area contributed by atoms with Gasteiger partial charge < -0.3 is 5.32 Å². The van der Waals surface area contributed by atoms with Crippen LogP contribution in [0, 0.1) is 10.1 Å². The summed E-state index contributed by atoms with van der Waals surface area (Å²) in [6.07, 6.45) is 0. The highest BCUT2D eigenvalue weighted by molar-refractivity contribution is 7.17. The van der Waals surface area contributed by atoms with Crippen LogP contribution >= 0.6 is 22.9 Å². The van der Waals surface area contributed by atoms with Crippen LogP contribution in [0.25, 0.3) is 10.1 Å². The number of hydrogen-bond acceptors (Lipinski definition) is 4. The van der Waals surface area contributed by atoms with Crippen molar-refractivity contribution in [2.75, 3.05) is 5.32 Å². The second kappa shape index (κ2) is 5.71. The number of halogens is 1. The highest BCUT2D eigenvalue weighted by Gasteiger charge is 2.13. The molecule has 0 aliphatic rings. The van der Waals surface area contributed by atoms with Gasteiger partial charge >= 0.3 is 0 Å². The molecule has 0 atom stereocenters. The first-order chi connectivity index (χ1) is 10.1. The molecule has 0 aliphatic heterocycles. The second-order valence-corrected chi connectivity index (χ2v) is 5.94. The molecule has 0 saturated heterocycles. The minimum atomic E-state index is -0.393. The Hall–Kier alpha value is -2.11. The van der Waals surface area contributed by atoms with Gasteiger partial charge in [-0.3, -0.25) is 10.1 Å². The molecule has 0 radical (unpaired) electrons. The number of anilines is 1. The van der Waals surface area contributed by atoms with E-state index in [1.165, 1.54) is 16.8 Å². The number of hydrogen-bond donors (Lipinski definition) is 1. The molecule has 4 nitrogen and oxygen atoms in total. The Balaban J connectivity index is 1.83. The summed E-state index contributed by atoms with van der Waals surface area (Å²) in [5.74, 6) is 0. The van der Waals surface area contributed by atoms with Crippen LogP contribution in [-0.2, 0) is 6.54 Å². The maximum Gasteiger partial charge on any atom is 0.274 e. The van der Waals surface area contributed by atoms with Crippen molar-refractivity contribution in [3.05, 3.63) is 68.5 Å². The monoisotopic (exact) mass is 318 g/mol. The first-order valence-corrected chi connectivity index (χ1v) is 7.53. The number of nitrogens with zero attached hydrogens (tertiary/aromatic N) is 1. The maximum absolute atomic E-state index is 11.0. The first kappa shape index (κ1) is 13.9. The van der Waals surface area contributed by atoms with Crippen molar-refractivity contribution in [3.63, 3.8) is 0 Å². The number of nitro benzene ring substituents is 1. The van der Waals surface area contributed by atoms with E-state index in [9.17, 15) is 10.1 Å². The van der Waals surface area contributed by atoms with E-state index in [1.54, 1.807) is 17.4 Å². The molecule has 3 aromatic rings. The van der Waals surface area contributed by atoms with Crippen LogP contribution in [0.5, 0.6) is 0 Å². The topological polar surface area (TPSA) is 55.2 Å². The summed E-state index contributed by atoms with van der Waals surface area (Å²) in [4.78, 5) is 10.6. The van der Waals surface area contributed by atoms with Crippen LogP contribution in [0.1, 0.15) is 5.56 Å². The molecular formula is C15H11ClN2O2S. The molecule has 1 heterocycles. The Morgan fingerprint density at radius 3 is 2.86 bits per heavy atom. The quantitative estimate of drug-likeness (QED) is 0.539. The summed E-state index contributed by atoms with van der Waals surface area (Å²) in [7, 11) is 0. The van der Waals surface area contributed by atoms with Gasteiger partial charge in [-0.05, 0) is 47.2 Å². The standard InChI is InChI=1S/C15H11ClN2O2S/c16-12-1-3-14(18(19)20)11(7-12)9-17-13-2-4-15-10(8-13)5-6-21-15/h1-8,17H,9H2.